The Morgan fingerprint density at radius 1 is 1.38 bits per heavy atom. The summed E-state index contributed by atoms with van der Waals surface area (Å²) in [5, 5.41) is 0. The van der Waals surface area contributed by atoms with Crippen LogP contribution in [-0.4, -0.2) is 9.55 Å². The quantitative estimate of drug-likeness (QED) is 0.774. The van der Waals surface area contributed by atoms with Crippen LogP contribution in [0.4, 0.5) is 0 Å². The molecule has 2 aromatic rings. The van der Waals surface area contributed by atoms with Crippen molar-refractivity contribution in [2.75, 3.05) is 0 Å². The summed E-state index contributed by atoms with van der Waals surface area (Å²) in [7, 11) is 0. The van der Waals surface area contributed by atoms with Gasteiger partial charge in [0, 0.05) is 5.54 Å². The molecule has 0 unspecified atom stereocenters. The van der Waals surface area contributed by atoms with Crippen LogP contribution in [0.25, 0.3) is 11.0 Å². The van der Waals surface area contributed by atoms with Crippen molar-refractivity contribution >= 4 is 23.3 Å². The van der Waals surface area contributed by atoms with E-state index in [1.54, 1.807) is 0 Å². The summed E-state index contributed by atoms with van der Waals surface area (Å²) >= 11 is 5.42. The van der Waals surface area contributed by atoms with Crippen LogP contribution in [0.3, 0.4) is 0 Å². The summed E-state index contributed by atoms with van der Waals surface area (Å²) in [6.45, 7) is 8.72. The second-order valence-corrected chi connectivity index (χ2v) is 5.34. The average Bonchev–Trinajstić information content (AvgIpc) is 2.53. The molecule has 0 atom stereocenters. The zero-order chi connectivity index (χ0) is 11.9. The maximum absolute atomic E-state index is 5.42. The highest BCUT2D eigenvalue weighted by Gasteiger charge is 2.20. The number of nitrogens with zero attached hydrogens (tertiary/aromatic N) is 1. The lowest BCUT2D eigenvalue weighted by Gasteiger charge is -2.25. The topological polar surface area (TPSA) is 20.7 Å². The Morgan fingerprint density at radius 2 is 2.06 bits per heavy atom. The van der Waals surface area contributed by atoms with E-state index in [1.807, 2.05) is 0 Å². The number of hydrogen-bond donors (Lipinski definition) is 1. The molecule has 0 radical (unpaired) electrons. The SMILES string of the molecule is CCC(C)(C)n1c(=S)[nH]c2cc(C)ccc21. The normalized spacial score (nSPS) is 12.2. The molecule has 0 aliphatic heterocycles. The van der Waals surface area contributed by atoms with Gasteiger partial charge in [0.15, 0.2) is 4.77 Å². The summed E-state index contributed by atoms with van der Waals surface area (Å²) in [5.41, 5.74) is 3.64. The van der Waals surface area contributed by atoms with Gasteiger partial charge in [0.25, 0.3) is 0 Å². The van der Waals surface area contributed by atoms with Gasteiger partial charge in [-0.05, 0) is 57.1 Å². The smallest absolute Gasteiger partial charge is 0.178 e. The van der Waals surface area contributed by atoms with Crippen LogP contribution < -0.4 is 0 Å². The van der Waals surface area contributed by atoms with E-state index in [0.717, 1.165) is 16.7 Å². The Kier molecular flexibility index (Phi) is 2.66. The van der Waals surface area contributed by atoms with Crippen LogP contribution in [0.1, 0.15) is 32.8 Å². The number of imidazole rings is 1. The fourth-order valence-corrected chi connectivity index (χ4v) is 2.44. The molecule has 0 spiro atoms. The zero-order valence-electron chi connectivity index (χ0n) is 10.3. The molecular weight excluding hydrogens is 216 g/mol. The summed E-state index contributed by atoms with van der Waals surface area (Å²) in [5.74, 6) is 0. The number of aromatic amines is 1. The molecule has 0 fully saturated rings. The van der Waals surface area contributed by atoms with E-state index in [1.165, 1.54) is 11.1 Å². The molecule has 0 aliphatic rings. The lowest BCUT2D eigenvalue weighted by Crippen LogP contribution is -2.25. The zero-order valence-corrected chi connectivity index (χ0v) is 11.1. The molecule has 16 heavy (non-hydrogen) atoms. The minimum absolute atomic E-state index is 0.0601. The first-order chi connectivity index (χ1) is 7.45. The predicted octanol–water partition coefficient (Wildman–Crippen LogP) is 4.15. The van der Waals surface area contributed by atoms with Gasteiger partial charge in [-0.1, -0.05) is 13.0 Å². The minimum atomic E-state index is 0.0601. The summed E-state index contributed by atoms with van der Waals surface area (Å²) in [6.07, 6.45) is 1.06. The second kappa shape index (κ2) is 3.74. The molecule has 2 nitrogen and oxygen atoms in total. The van der Waals surface area contributed by atoms with E-state index in [9.17, 15) is 0 Å². The molecule has 1 aromatic heterocycles. The first-order valence-electron chi connectivity index (χ1n) is 5.67. The maximum atomic E-state index is 5.42. The number of rotatable bonds is 2. The largest absolute Gasteiger partial charge is 0.331 e. The fourth-order valence-electron chi connectivity index (χ4n) is 1.98. The van der Waals surface area contributed by atoms with Gasteiger partial charge in [0.05, 0.1) is 11.0 Å². The van der Waals surface area contributed by atoms with Gasteiger partial charge in [-0.3, -0.25) is 0 Å². The van der Waals surface area contributed by atoms with Crippen molar-refractivity contribution in [2.45, 2.75) is 39.7 Å². The number of aryl methyl sites for hydroxylation is 1. The Hall–Kier alpha value is -1.09. The number of H-pyrrole nitrogens is 1. The number of hydrogen-bond acceptors (Lipinski definition) is 1. The summed E-state index contributed by atoms with van der Waals surface area (Å²) in [4.78, 5) is 3.29. The van der Waals surface area contributed by atoms with Gasteiger partial charge in [-0.2, -0.15) is 0 Å². The third-order valence-corrected chi connectivity index (χ3v) is 3.59. The standard InChI is InChI=1S/C13H18N2S/c1-5-13(3,4)15-11-7-6-9(2)8-10(11)14-12(15)16/h6-8H,5H2,1-4H3,(H,14,16). The molecule has 86 valence electrons. The third kappa shape index (κ3) is 1.69. The molecule has 2 rings (SSSR count). The lowest BCUT2D eigenvalue weighted by atomic mass is 10.0. The highest BCUT2D eigenvalue weighted by molar-refractivity contribution is 7.71. The van der Waals surface area contributed by atoms with Crippen LogP contribution >= 0.6 is 12.2 Å². The molecule has 0 bridgehead atoms. The molecule has 1 heterocycles. The molecule has 1 aromatic carbocycles. The van der Waals surface area contributed by atoms with Gasteiger partial charge in [-0.15, -0.1) is 0 Å². The molecule has 0 saturated carbocycles. The molecule has 0 saturated heterocycles. The van der Waals surface area contributed by atoms with Crippen molar-refractivity contribution in [2.24, 2.45) is 0 Å². The number of benzene rings is 1. The van der Waals surface area contributed by atoms with Crippen LogP contribution in [0, 0.1) is 11.7 Å². The summed E-state index contributed by atoms with van der Waals surface area (Å²) in [6, 6.07) is 6.43. The van der Waals surface area contributed by atoms with Crippen molar-refractivity contribution < 1.29 is 0 Å². The van der Waals surface area contributed by atoms with E-state index in [0.29, 0.717) is 0 Å². The van der Waals surface area contributed by atoms with Crippen LogP contribution in [-0.2, 0) is 5.54 Å². The van der Waals surface area contributed by atoms with Crippen molar-refractivity contribution in [3.05, 3.63) is 28.5 Å². The highest BCUT2D eigenvalue weighted by Crippen LogP contribution is 2.26. The molecule has 3 heteroatoms. The van der Waals surface area contributed by atoms with Crippen LogP contribution in [0.5, 0.6) is 0 Å². The van der Waals surface area contributed by atoms with Crippen molar-refractivity contribution in [1.29, 1.82) is 0 Å². The monoisotopic (exact) mass is 234 g/mol. The van der Waals surface area contributed by atoms with Crippen molar-refractivity contribution in [3.8, 4) is 0 Å². The van der Waals surface area contributed by atoms with Gasteiger partial charge < -0.3 is 9.55 Å². The van der Waals surface area contributed by atoms with E-state index in [4.69, 9.17) is 12.2 Å². The number of fused-ring (bicyclic) bond motifs is 1. The van der Waals surface area contributed by atoms with Crippen molar-refractivity contribution in [3.63, 3.8) is 0 Å². The Balaban J connectivity index is 2.80. The average molecular weight is 234 g/mol. The molecule has 1 N–H and O–H groups in total. The second-order valence-electron chi connectivity index (χ2n) is 4.95. The van der Waals surface area contributed by atoms with Gasteiger partial charge in [-0.25, -0.2) is 0 Å². The lowest BCUT2D eigenvalue weighted by molar-refractivity contribution is 0.348. The van der Waals surface area contributed by atoms with E-state index >= 15 is 0 Å². The number of aromatic nitrogens is 2. The predicted molar refractivity (Wildman–Crippen MR) is 71.5 cm³/mol. The third-order valence-electron chi connectivity index (χ3n) is 3.31. The fraction of sp³-hybridized carbons (Fsp3) is 0.462. The Bertz CT molecular complexity index is 575. The van der Waals surface area contributed by atoms with Gasteiger partial charge >= 0.3 is 0 Å². The number of nitrogens with one attached hydrogen (secondary N) is 1. The van der Waals surface area contributed by atoms with E-state index < -0.39 is 0 Å². The van der Waals surface area contributed by atoms with Crippen LogP contribution in [0.2, 0.25) is 0 Å². The highest BCUT2D eigenvalue weighted by atomic mass is 32.1. The van der Waals surface area contributed by atoms with Crippen molar-refractivity contribution in [1.82, 2.24) is 9.55 Å². The summed E-state index contributed by atoms with van der Waals surface area (Å²) < 4.78 is 3.03. The van der Waals surface area contributed by atoms with E-state index in [2.05, 4.69) is 55.4 Å². The first-order valence-corrected chi connectivity index (χ1v) is 6.08. The Morgan fingerprint density at radius 3 is 2.69 bits per heavy atom. The Labute approximate surface area is 101 Å². The van der Waals surface area contributed by atoms with Crippen LogP contribution in [0.15, 0.2) is 18.2 Å². The van der Waals surface area contributed by atoms with E-state index in [-0.39, 0.29) is 5.54 Å². The van der Waals surface area contributed by atoms with Gasteiger partial charge in [0.2, 0.25) is 0 Å². The molecule has 0 aliphatic carbocycles. The van der Waals surface area contributed by atoms with Gasteiger partial charge in [0.1, 0.15) is 0 Å². The minimum Gasteiger partial charge on any atom is -0.331 e. The molecule has 0 amide bonds. The first kappa shape index (κ1) is 11.4. The maximum Gasteiger partial charge on any atom is 0.178 e. The molecular formula is C13H18N2S.